The van der Waals surface area contributed by atoms with E-state index >= 15 is 0 Å². The molecular formula is C23H31N3O2. The van der Waals surface area contributed by atoms with E-state index in [9.17, 15) is 9.59 Å². The van der Waals surface area contributed by atoms with Gasteiger partial charge in [0.2, 0.25) is 11.8 Å². The van der Waals surface area contributed by atoms with Gasteiger partial charge in [0.05, 0.1) is 6.04 Å². The Kier molecular flexibility index (Phi) is 7.61. The van der Waals surface area contributed by atoms with Gasteiger partial charge in [-0.2, -0.15) is 0 Å². The second-order valence-electron chi connectivity index (χ2n) is 6.95. The molecule has 28 heavy (non-hydrogen) atoms. The Balaban J connectivity index is 2.10. The lowest BCUT2D eigenvalue weighted by Crippen LogP contribution is -2.38. The molecule has 150 valence electrons. The van der Waals surface area contributed by atoms with E-state index in [1.54, 1.807) is 4.90 Å². The highest BCUT2D eigenvalue weighted by Crippen LogP contribution is 2.24. The molecule has 2 amide bonds. The van der Waals surface area contributed by atoms with Crippen LogP contribution in [0.15, 0.2) is 48.5 Å². The van der Waals surface area contributed by atoms with Crippen LogP contribution in [0.4, 0.5) is 11.4 Å². The minimum Gasteiger partial charge on any atom is -0.372 e. The average molecular weight is 382 g/mol. The van der Waals surface area contributed by atoms with Gasteiger partial charge in [-0.15, -0.1) is 0 Å². The van der Waals surface area contributed by atoms with Crippen molar-refractivity contribution < 1.29 is 9.59 Å². The first-order valence-electron chi connectivity index (χ1n) is 9.84. The summed E-state index contributed by atoms with van der Waals surface area (Å²) in [5, 5.41) is 2.95. The molecule has 0 aromatic heterocycles. The Hall–Kier alpha value is -2.82. The first-order chi connectivity index (χ1) is 13.4. The second kappa shape index (κ2) is 9.93. The maximum absolute atomic E-state index is 12.6. The first-order valence-corrected chi connectivity index (χ1v) is 9.84. The van der Waals surface area contributed by atoms with Crippen molar-refractivity contribution in [1.82, 2.24) is 4.90 Å². The third-order valence-corrected chi connectivity index (χ3v) is 5.08. The fourth-order valence-electron chi connectivity index (χ4n) is 3.35. The normalized spacial score (nSPS) is 11.6. The molecule has 0 saturated carbocycles. The summed E-state index contributed by atoms with van der Waals surface area (Å²) in [6, 6.07) is 15.6. The maximum atomic E-state index is 12.6. The summed E-state index contributed by atoms with van der Waals surface area (Å²) in [6.07, 6.45) is 0. The molecule has 5 heteroatoms. The number of anilines is 2. The molecule has 0 saturated heterocycles. The first kappa shape index (κ1) is 21.5. The van der Waals surface area contributed by atoms with Crippen molar-refractivity contribution in [2.45, 2.75) is 40.7 Å². The predicted octanol–water partition coefficient (Wildman–Crippen LogP) is 4.39. The molecule has 0 spiro atoms. The Labute approximate surface area is 168 Å². The Bertz CT molecular complexity index is 801. The van der Waals surface area contributed by atoms with Gasteiger partial charge in [0, 0.05) is 31.4 Å². The van der Waals surface area contributed by atoms with Crippen molar-refractivity contribution in [1.29, 1.82) is 0 Å². The summed E-state index contributed by atoms with van der Waals surface area (Å²) in [4.78, 5) is 28.6. The van der Waals surface area contributed by atoms with Gasteiger partial charge in [0.15, 0.2) is 0 Å². The minimum atomic E-state index is -0.198. The van der Waals surface area contributed by atoms with Crippen molar-refractivity contribution in [3.63, 3.8) is 0 Å². The number of rotatable bonds is 8. The molecule has 2 rings (SSSR count). The number of amides is 2. The summed E-state index contributed by atoms with van der Waals surface area (Å²) in [5.41, 5.74) is 3.92. The SMILES string of the molecule is CCN(CC)c1ccc(NC(=O)CN(C(C)=O)C(C)c2ccccc2)c(C)c1. The summed E-state index contributed by atoms with van der Waals surface area (Å²) < 4.78 is 0. The molecular weight excluding hydrogens is 350 g/mol. The molecule has 5 nitrogen and oxygen atoms in total. The highest BCUT2D eigenvalue weighted by atomic mass is 16.2. The van der Waals surface area contributed by atoms with Gasteiger partial charge in [-0.05, 0) is 57.0 Å². The van der Waals surface area contributed by atoms with E-state index in [-0.39, 0.29) is 24.4 Å². The molecule has 2 aromatic carbocycles. The standard InChI is InChI=1S/C23H31N3O2/c1-6-25(7-2)21-13-14-22(17(3)15-21)24-23(28)16-26(19(5)27)18(4)20-11-9-8-10-12-20/h8-15,18H,6-7,16H2,1-5H3,(H,24,28). The third kappa shape index (κ3) is 5.35. The third-order valence-electron chi connectivity index (χ3n) is 5.08. The van der Waals surface area contributed by atoms with Crippen LogP contribution in [0.25, 0.3) is 0 Å². The van der Waals surface area contributed by atoms with Crippen LogP contribution in [0, 0.1) is 6.92 Å². The second-order valence-corrected chi connectivity index (χ2v) is 6.95. The molecule has 1 atom stereocenters. The van der Waals surface area contributed by atoms with E-state index in [2.05, 4.69) is 30.1 Å². The lowest BCUT2D eigenvalue weighted by Gasteiger charge is -2.28. The molecule has 0 aliphatic carbocycles. The van der Waals surface area contributed by atoms with Crippen LogP contribution in [-0.2, 0) is 9.59 Å². The van der Waals surface area contributed by atoms with E-state index in [0.717, 1.165) is 35.6 Å². The highest BCUT2D eigenvalue weighted by molar-refractivity contribution is 5.95. The van der Waals surface area contributed by atoms with Crippen molar-refractivity contribution >= 4 is 23.2 Å². The number of benzene rings is 2. The average Bonchev–Trinajstić information content (AvgIpc) is 2.69. The lowest BCUT2D eigenvalue weighted by atomic mass is 10.1. The number of hydrogen-bond donors (Lipinski definition) is 1. The number of carbonyl (C=O) groups excluding carboxylic acids is 2. The summed E-state index contributed by atoms with van der Waals surface area (Å²) >= 11 is 0. The van der Waals surface area contributed by atoms with Crippen LogP contribution in [-0.4, -0.2) is 36.3 Å². The van der Waals surface area contributed by atoms with Gasteiger partial charge in [0.25, 0.3) is 0 Å². The van der Waals surface area contributed by atoms with E-state index in [0.29, 0.717) is 0 Å². The van der Waals surface area contributed by atoms with Crippen LogP contribution >= 0.6 is 0 Å². The fraction of sp³-hybridized carbons (Fsp3) is 0.391. The van der Waals surface area contributed by atoms with Crippen LogP contribution in [0.3, 0.4) is 0 Å². The predicted molar refractivity (Wildman–Crippen MR) is 116 cm³/mol. The topological polar surface area (TPSA) is 52.7 Å². The van der Waals surface area contributed by atoms with Crippen LogP contribution in [0.2, 0.25) is 0 Å². The van der Waals surface area contributed by atoms with E-state index in [4.69, 9.17) is 0 Å². The van der Waals surface area contributed by atoms with Gasteiger partial charge in [-0.3, -0.25) is 9.59 Å². The van der Waals surface area contributed by atoms with Crippen LogP contribution < -0.4 is 10.2 Å². The van der Waals surface area contributed by atoms with Crippen molar-refractivity contribution in [2.75, 3.05) is 29.9 Å². The van der Waals surface area contributed by atoms with Crippen LogP contribution in [0.1, 0.15) is 44.9 Å². The minimum absolute atomic E-state index is 0.0165. The molecule has 0 aliphatic heterocycles. The Morgan fingerprint density at radius 3 is 2.21 bits per heavy atom. The fourth-order valence-corrected chi connectivity index (χ4v) is 3.35. The van der Waals surface area contributed by atoms with Crippen molar-refractivity contribution in [3.05, 3.63) is 59.7 Å². The van der Waals surface area contributed by atoms with E-state index in [1.807, 2.05) is 56.3 Å². The van der Waals surface area contributed by atoms with Gasteiger partial charge >= 0.3 is 0 Å². The Morgan fingerprint density at radius 1 is 1.04 bits per heavy atom. The molecule has 0 heterocycles. The van der Waals surface area contributed by atoms with Crippen LogP contribution in [0.5, 0.6) is 0 Å². The number of aryl methyl sites for hydroxylation is 1. The molecule has 0 bridgehead atoms. The zero-order valence-electron chi connectivity index (χ0n) is 17.5. The smallest absolute Gasteiger partial charge is 0.244 e. The van der Waals surface area contributed by atoms with Gasteiger partial charge < -0.3 is 15.1 Å². The summed E-state index contributed by atoms with van der Waals surface area (Å²) in [5.74, 6) is -0.322. The van der Waals surface area contributed by atoms with Crippen molar-refractivity contribution in [2.24, 2.45) is 0 Å². The molecule has 1 N–H and O–H groups in total. The summed E-state index contributed by atoms with van der Waals surface area (Å²) in [6.45, 7) is 11.6. The molecule has 0 aliphatic rings. The number of nitrogens with zero attached hydrogens (tertiary/aromatic N) is 2. The van der Waals surface area contributed by atoms with E-state index in [1.165, 1.54) is 6.92 Å². The zero-order chi connectivity index (χ0) is 20.7. The number of nitrogens with one attached hydrogen (secondary N) is 1. The number of hydrogen-bond acceptors (Lipinski definition) is 3. The lowest BCUT2D eigenvalue weighted by molar-refractivity contribution is -0.134. The van der Waals surface area contributed by atoms with Gasteiger partial charge in [0.1, 0.15) is 6.54 Å². The van der Waals surface area contributed by atoms with Gasteiger partial charge in [-0.25, -0.2) is 0 Å². The quantitative estimate of drug-likeness (QED) is 0.738. The maximum Gasteiger partial charge on any atom is 0.244 e. The molecule has 0 radical (unpaired) electrons. The zero-order valence-corrected chi connectivity index (χ0v) is 17.5. The molecule has 2 aromatic rings. The molecule has 1 unspecified atom stereocenters. The summed E-state index contributed by atoms with van der Waals surface area (Å²) in [7, 11) is 0. The largest absolute Gasteiger partial charge is 0.372 e. The van der Waals surface area contributed by atoms with Gasteiger partial charge in [-0.1, -0.05) is 30.3 Å². The Morgan fingerprint density at radius 2 is 1.68 bits per heavy atom. The van der Waals surface area contributed by atoms with E-state index < -0.39 is 0 Å². The molecule has 0 fully saturated rings. The van der Waals surface area contributed by atoms with Crippen molar-refractivity contribution in [3.8, 4) is 0 Å². The monoisotopic (exact) mass is 381 g/mol. The number of carbonyl (C=O) groups is 2. The highest BCUT2D eigenvalue weighted by Gasteiger charge is 2.21.